The average molecular weight is 373 g/mol. The van der Waals surface area contributed by atoms with E-state index in [9.17, 15) is 9.59 Å². The molecule has 0 saturated carbocycles. The number of rotatable bonds is 7. The number of hydrogen-bond donors (Lipinski definition) is 1. The summed E-state index contributed by atoms with van der Waals surface area (Å²) in [4.78, 5) is 24.4. The largest absolute Gasteiger partial charge is 0.481 e. The molecule has 3 rings (SSSR count). The van der Waals surface area contributed by atoms with E-state index < -0.39 is 6.10 Å². The van der Waals surface area contributed by atoms with Gasteiger partial charge in [0.05, 0.1) is 6.04 Å². The van der Waals surface area contributed by atoms with E-state index in [1.807, 2.05) is 60.7 Å². The first-order valence-electron chi connectivity index (χ1n) is 9.22. The number of amides is 1. The van der Waals surface area contributed by atoms with Gasteiger partial charge in [0.1, 0.15) is 5.75 Å². The number of carbonyl (C=O) groups excluding carboxylic acids is 2. The highest BCUT2D eigenvalue weighted by molar-refractivity contribution is 5.94. The standard InChI is InChI=1S/C24H23NO3/c1-17(26)21-14-9-15-22(16-21)28-18(2)24(27)25-23(19-10-5-3-6-11-19)20-12-7-4-8-13-20/h3-16,18,23H,1-2H3,(H,25,27). The van der Waals surface area contributed by atoms with Crippen molar-refractivity contribution in [3.05, 3.63) is 102 Å². The number of Topliss-reactive ketones (excluding diaryl/α,β-unsaturated/α-hetero) is 1. The molecule has 4 heteroatoms. The average Bonchev–Trinajstić information content (AvgIpc) is 2.73. The number of nitrogens with one attached hydrogen (secondary N) is 1. The molecule has 0 bridgehead atoms. The topological polar surface area (TPSA) is 55.4 Å². The minimum absolute atomic E-state index is 0.0456. The highest BCUT2D eigenvalue weighted by Crippen LogP contribution is 2.22. The molecule has 0 saturated heterocycles. The molecule has 0 fully saturated rings. The Kier molecular flexibility index (Phi) is 6.22. The van der Waals surface area contributed by atoms with Gasteiger partial charge in [0.2, 0.25) is 0 Å². The summed E-state index contributed by atoms with van der Waals surface area (Å²) >= 11 is 0. The van der Waals surface area contributed by atoms with Crippen LogP contribution in [0.4, 0.5) is 0 Å². The lowest BCUT2D eigenvalue weighted by Crippen LogP contribution is -2.39. The van der Waals surface area contributed by atoms with Gasteiger partial charge < -0.3 is 10.1 Å². The monoisotopic (exact) mass is 373 g/mol. The van der Waals surface area contributed by atoms with Gasteiger partial charge >= 0.3 is 0 Å². The summed E-state index contributed by atoms with van der Waals surface area (Å²) < 4.78 is 5.78. The molecule has 1 amide bonds. The van der Waals surface area contributed by atoms with Gasteiger partial charge in [-0.2, -0.15) is 0 Å². The van der Waals surface area contributed by atoms with Crippen molar-refractivity contribution in [3.63, 3.8) is 0 Å². The van der Waals surface area contributed by atoms with Crippen molar-refractivity contribution in [1.82, 2.24) is 5.32 Å². The van der Waals surface area contributed by atoms with Crippen molar-refractivity contribution in [3.8, 4) is 5.75 Å². The van der Waals surface area contributed by atoms with E-state index >= 15 is 0 Å². The molecule has 0 heterocycles. The zero-order chi connectivity index (χ0) is 19.9. The molecule has 142 valence electrons. The maximum atomic E-state index is 12.8. The Bertz CT molecular complexity index is 899. The maximum Gasteiger partial charge on any atom is 0.261 e. The molecule has 0 aliphatic rings. The molecule has 3 aromatic carbocycles. The molecular formula is C24H23NO3. The van der Waals surface area contributed by atoms with Crippen molar-refractivity contribution in [2.75, 3.05) is 0 Å². The van der Waals surface area contributed by atoms with Crippen LogP contribution in [0.2, 0.25) is 0 Å². The Morgan fingerprint density at radius 1 is 0.821 bits per heavy atom. The van der Waals surface area contributed by atoms with E-state index in [-0.39, 0.29) is 17.7 Å². The van der Waals surface area contributed by atoms with Crippen LogP contribution in [0.1, 0.15) is 41.4 Å². The predicted octanol–water partition coefficient (Wildman–Crippen LogP) is 4.56. The Hall–Kier alpha value is -3.40. The summed E-state index contributed by atoms with van der Waals surface area (Å²) in [6.07, 6.45) is -0.711. The van der Waals surface area contributed by atoms with Crippen molar-refractivity contribution < 1.29 is 14.3 Å². The van der Waals surface area contributed by atoms with Crippen molar-refractivity contribution in [1.29, 1.82) is 0 Å². The number of ether oxygens (including phenoxy) is 1. The van der Waals surface area contributed by atoms with E-state index in [2.05, 4.69) is 5.32 Å². The third kappa shape index (κ3) is 4.86. The van der Waals surface area contributed by atoms with E-state index in [4.69, 9.17) is 4.74 Å². The Balaban J connectivity index is 1.76. The van der Waals surface area contributed by atoms with Gasteiger partial charge in [-0.1, -0.05) is 72.8 Å². The van der Waals surface area contributed by atoms with Crippen LogP contribution < -0.4 is 10.1 Å². The quantitative estimate of drug-likeness (QED) is 0.618. The molecule has 0 spiro atoms. The van der Waals surface area contributed by atoms with Gasteiger partial charge in [0, 0.05) is 5.56 Å². The van der Waals surface area contributed by atoms with Crippen LogP contribution in [0, 0.1) is 0 Å². The molecule has 1 N–H and O–H groups in total. The fourth-order valence-electron chi connectivity index (χ4n) is 2.96. The summed E-state index contributed by atoms with van der Waals surface area (Å²) in [5, 5.41) is 3.08. The first-order chi connectivity index (χ1) is 13.5. The first kappa shape index (κ1) is 19.4. The fourth-order valence-corrected chi connectivity index (χ4v) is 2.96. The molecular weight excluding hydrogens is 350 g/mol. The number of carbonyl (C=O) groups is 2. The highest BCUT2D eigenvalue weighted by atomic mass is 16.5. The van der Waals surface area contributed by atoms with Gasteiger partial charge in [-0.05, 0) is 37.1 Å². The smallest absolute Gasteiger partial charge is 0.261 e. The van der Waals surface area contributed by atoms with E-state index in [0.717, 1.165) is 11.1 Å². The lowest BCUT2D eigenvalue weighted by molar-refractivity contribution is -0.127. The second kappa shape index (κ2) is 9.00. The van der Waals surface area contributed by atoms with Crippen LogP contribution in [0.3, 0.4) is 0 Å². The summed E-state index contributed by atoms with van der Waals surface area (Å²) in [5.74, 6) is 0.216. The molecule has 0 aliphatic heterocycles. The third-order valence-corrected chi connectivity index (χ3v) is 4.48. The van der Waals surface area contributed by atoms with Crippen LogP contribution in [0.25, 0.3) is 0 Å². The van der Waals surface area contributed by atoms with Crippen LogP contribution in [-0.2, 0) is 4.79 Å². The minimum Gasteiger partial charge on any atom is -0.481 e. The van der Waals surface area contributed by atoms with Crippen LogP contribution >= 0.6 is 0 Å². The number of benzene rings is 3. The molecule has 0 aromatic heterocycles. The normalized spacial score (nSPS) is 11.7. The lowest BCUT2D eigenvalue weighted by atomic mass is 9.98. The summed E-state index contributed by atoms with van der Waals surface area (Å²) in [7, 11) is 0. The summed E-state index contributed by atoms with van der Waals surface area (Å²) in [6, 6.07) is 26.2. The second-order valence-corrected chi connectivity index (χ2v) is 6.61. The Labute approximate surface area is 165 Å². The minimum atomic E-state index is -0.711. The molecule has 4 nitrogen and oxygen atoms in total. The number of ketones is 1. The van der Waals surface area contributed by atoms with E-state index in [0.29, 0.717) is 11.3 Å². The summed E-state index contributed by atoms with van der Waals surface area (Å²) in [5.41, 5.74) is 2.54. The molecule has 3 aromatic rings. The van der Waals surface area contributed by atoms with Gasteiger partial charge in [0.25, 0.3) is 5.91 Å². The maximum absolute atomic E-state index is 12.8. The number of hydrogen-bond acceptors (Lipinski definition) is 3. The molecule has 0 radical (unpaired) electrons. The van der Waals surface area contributed by atoms with Crippen LogP contribution in [0.5, 0.6) is 5.75 Å². The SMILES string of the molecule is CC(=O)c1cccc(OC(C)C(=O)NC(c2ccccc2)c2ccccc2)c1. The van der Waals surface area contributed by atoms with Gasteiger partial charge in [-0.3, -0.25) is 9.59 Å². The fraction of sp³-hybridized carbons (Fsp3) is 0.167. The zero-order valence-electron chi connectivity index (χ0n) is 16.0. The molecule has 0 aliphatic carbocycles. The van der Waals surface area contributed by atoms with Crippen LogP contribution in [-0.4, -0.2) is 17.8 Å². The van der Waals surface area contributed by atoms with E-state index in [1.54, 1.807) is 31.2 Å². The van der Waals surface area contributed by atoms with Crippen molar-refractivity contribution in [2.24, 2.45) is 0 Å². The van der Waals surface area contributed by atoms with Crippen molar-refractivity contribution >= 4 is 11.7 Å². The molecule has 28 heavy (non-hydrogen) atoms. The molecule has 1 atom stereocenters. The highest BCUT2D eigenvalue weighted by Gasteiger charge is 2.21. The van der Waals surface area contributed by atoms with E-state index in [1.165, 1.54) is 6.92 Å². The van der Waals surface area contributed by atoms with Crippen molar-refractivity contribution in [2.45, 2.75) is 26.0 Å². The van der Waals surface area contributed by atoms with Gasteiger partial charge in [-0.25, -0.2) is 0 Å². The predicted molar refractivity (Wildman–Crippen MR) is 109 cm³/mol. The van der Waals surface area contributed by atoms with Gasteiger partial charge in [0.15, 0.2) is 11.9 Å². The third-order valence-electron chi connectivity index (χ3n) is 4.48. The lowest BCUT2D eigenvalue weighted by Gasteiger charge is -2.22. The Morgan fingerprint density at radius 3 is 1.93 bits per heavy atom. The Morgan fingerprint density at radius 2 is 1.39 bits per heavy atom. The second-order valence-electron chi connectivity index (χ2n) is 6.61. The molecule has 1 unspecified atom stereocenters. The zero-order valence-corrected chi connectivity index (χ0v) is 16.0. The van der Waals surface area contributed by atoms with Gasteiger partial charge in [-0.15, -0.1) is 0 Å². The summed E-state index contributed by atoms with van der Waals surface area (Å²) in [6.45, 7) is 3.20. The van der Waals surface area contributed by atoms with Crippen LogP contribution in [0.15, 0.2) is 84.9 Å². The first-order valence-corrected chi connectivity index (χ1v) is 9.22.